The largest absolute Gasteiger partial charge is 0.458 e. The molecular weight excluding hydrogens is 412 g/mol. The Hall–Kier alpha value is -2.51. The molecule has 0 aliphatic heterocycles. The number of benzene rings is 2. The van der Waals surface area contributed by atoms with Gasteiger partial charge in [0, 0.05) is 16.6 Å². The Balaban J connectivity index is 2.15. The van der Waals surface area contributed by atoms with Crippen molar-refractivity contribution in [3.05, 3.63) is 65.3 Å². The first-order valence-corrected chi connectivity index (χ1v) is 11.3. The lowest BCUT2D eigenvalue weighted by Crippen LogP contribution is -2.30. The van der Waals surface area contributed by atoms with Gasteiger partial charge in [-0.2, -0.15) is 0 Å². The second-order valence-corrected chi connectivity index (χ2v) is 10.0. The number of ether oxygens (including phenoxy) is 1. The zero-order valence-electron chi connectivity index (χ0n) is 16.6. The number of halogens is 1. The third-order valence-electron chi connectivity index (χ3n) is 4.15. The summed E-state index contributed by atoms with van der Waals surface area (Å²) >= 11 is 6.02. The van der Waals surface area contributed by atoms with Crippen LogP contribution in [0.15, 0.2) is 54.7 Å². The van der Waals surface area contributed by atoms with Crippen LogP contribution in [-0.4, -0.2) is 30.8 Å². The molecule has 0 spiro atoms. The molecule has 1 N–H and O–H groups in total. The van der Waals surface area contributed by atoms with Crippen LogP contribution < -0.4 is 4.72 Å². The summed E-state index contributed by atoms with van der Waals surface area (Å²) in [5.41, 5.74) is 1.20. The molecule has 0 aliphatic carbocycles. The molecule has 6 nitrogen and oxygen atoms in total. The van der Waals surface area contributed by atoms with Gasteiger partial charge in [0.05, 0.1) is 17.5 Å². The van der Waals surface area contributed by atoms with Crippen molar-refractivity contribution in [2.45, 2.75) is 32.4 Å². The van der Waals surface area contributed by atoms with E-state index in [1.54, 1.807) is 53.2 Å². The number of sulfonamides is 1. The van der Waals surface area contributed by atoms with E-state index >= 15 is 0 Å². The maximum absolute atomic E-state index is 13.1. The van der Waals surface area contributed by atoms with E-state index in [1.807, 2.05) is 26.8 Å². The van der Waals surface area contributed by atoms with Crippen LogP contribution in [0.2, 0.25) is 5.02 Å². The van der Waals surface area contributed by atoms with Gasteiger partial charge in [-0.3, -0.25) is 4.72 Å². The lowest BCUT2D eigenvalue weighted by molar-refractivity contribution is -0.157. The number of rotatable bonds is 5. The quantitative estimate of drug-likeness (QED) is 0.595. The van der Waals surface area contributed by atoms with Crippen LogP contribution in [0.5, 0.6) is 0 Å². The molecular formula is C21H23ClN2O4S. The fraction of sp³-hybridized carbons (Fsp3) is 0.286. The second kappa shape index (κ2) is 7.72. The number of carbonyl (C=O) groups excluding carboxylic acids is 1. The van der Waals surface area contributed by atoms with E-state index in [0.717, 1.165) is 6.26 Å². The normalized spacial score (nSPS) is 13.3. The minimum atomic E-state index is -3.44. The van der Waals surface area contributed by atoms with Gasteiger partial charge in [0.25, 0.3) is 0 Å². The van der Waals surface area contributed by atoms with Crippen LogP contribution in [0.3, 0.4) is 0 Å². The van der Waals surface area contributed by atoms with Crippen LogP contribution in [0.25, 0.3) is 10.9 Å². The third-order valence-corrected chi connectivity index (χ3v) is 5.00. The molecule has 3 aromatic rings. The smallest absolute Gasteiger partial charge is 0.334 e. The summed E-state index contributed by atoms with van der Waals surface area (Å²) in [6, 6.07) is 13.3. The van der Waals surface area contributed by atoms with Gasteiger partial charge in [-0.15, -0.1) is 0 Å². The van der Waals surface area contributed by atoms with Gasteiger partial charge in [0.15, 0.2) is 6.04 Å². The van der Waals surface area contributed by atoms with E-state index in [2.05, 4.69) is 4.72 Å². The predicted molar refractivity (Wildman–Crippen MR) is 116 cm³/mol. The highest BCUT2D eigenvalue weighted by molar-refractivity contribution is 7.92. The van der Waals surface area contributed by atoms with Gasteiger partial charge < -0.3 is 9.30 Å². The molecule has 1 aromatic heterocycles. The second-order valence-electron chi connectivity index (χ2n) is 7.82. The fourth-order valence-electron chi connectivity index (χ4n) is 3.12. The monoisotopic (exact) mass is 434 g/mol. The summed E-state index contributed by atoms with van der Waals surface area (Å²) in [5.74, 6) is -0.418. The molecule has 154 valence electrons. The Morgan fingerprint density at radius 2 is 1.76 bits per heavy atom. The molecule has 0 bridgehead atoms. The molecule has 0 amide bonds. The molecule has 0 fully saturated rings. The molecule has 2 aromatic carbocycles. The number of hydrogen-bond acceptors (Lipinski definition) is 4. The van der Waals surface area contributed by atoms with Crippen molar-refractivity contribution < 1.29 is 17.9 Å². The third kappa shape index (κ3) is 5.10. The first-order valence-electron chi connectivity index (χ1n) is 9.00. The van der Waals surface area contributed by atoms with E-state index in [-0.39, 0.29) is 0 Å². The van der Waals surface area contributed by atoms with Crippen LogP contribution >= 0.6 is 11.6 Å². The Bertz CT molecular complexity index is 1150. The van der Waals surface area contributed by atoms with E-state index in [1.165, 1.54) is 0 Å². The van der Waals surface area contributed by atoms with Crippen LogP contribution in [0, 0.1) is 0 Å². The maximum atomic E-state index is 13.1. The van der Waals surface area contributed by atoms with Crippen molar-refractivity contribution in [3.8, 4) is 0 Å². The molecule has 29 heavy (non-hydrogen) atoms. The highest BCUT2D eigenvalue weighted by atomic mass is 35.5. The molecule has 0 saturated carbocycles. The summed E-state index contributed by atoms with van der Waals surface area (Å²) in [7, 11) is -3.44. The van der Waals surface area contributed by atoms with Crippen molar-refractivity contribution in [2.24, 2.45) is 0 Å². The average molecular weight is 435 g/mol. The van der Waals surface area contributed by atoms with Crippen molar-refractivity contribution in [2.75, 3.05) is 11.0 Å². The highest BCUT2D eigenvalue weighted by Crippen LogP contribution is 2.32. The Labute approximate surface area is 175 Å². The van der Waals surface area contributed by atoms with Gasteiger partial charge >= 0.3 is 5.97 Å². The number of nitrogens with one attached hydrogen (secondary N) is 1. The number of carbonyl (C=O) groups is 1. The van der Waals surface area contributed by atoms with Crippen molar-refractivity contribution in [1.29, 1.82) is 0 Å². The van der Waals surface area contributed by atoms with Crippen molar-refractivity contribution in [1.82, 2.24) is 4.57 Å². The molecule has 0 saturated heterocycles. The van der Waals surface area contributed by atoms with Gasteiger partial charge in [-0.05, 0) is 56.7 Å². The number of hydrogen-bond donors (Lipinski definition) is 1. The van der Waals surface area contributed by atoms with Crippen molar-refractivity contribution in [3.63, 3.8) is 0 Å². The van der Waals surface area contributed by atoms with E-state index < -0.39 is 27.6 Å². The van der Waals surface area contributed by atoms with E-state index in [9.17, 15) is 13.2 Å². The van der Waals surface area contributed by atoms with Gasteiger partial charge in [0.1, 0.15) is 5.60 Å². The van der Waals surface area contributed by atoms with Crippen molar-refractivity contribution >= 4 is 44.2 Å². The van der Waals surface area contributed by atoms with Crippen LogP contribution in [-0.2, 0) is 19.6 Å². The lowest BCUT2D eigenvalue weighted by Gasteiger charge is -2.25. The zero-order chi connectivity index (χ0) is 21.4. The molecule has 3 rings (SSSR count). The zero-order valence-corrected chi connectivity index (χ0v) is 18.2. The molecule has 8 heteroatoms. The lowest BCUT2D eigenvalue weighted by atomic mass is 10.1. The van der Waals surface area contributed by atoms with Crippen LogP contribution in [0.1, 0.15) is 32.4 Å². The Morgan fingerprint density at radius 3 is 2.34 bits per heavy atom. The number of esters is 1. The standard InChI is InChI=1S/C21H23ClN2O4S/c1-21(2,3)28-20(25)19(14-8-10-15(22)11-9-14)24-13-12-16-17(23-29(4,26)27)6-5-7-18(16)24/h5-13,19,23H,1-4H3. The number of nitrogens with zero attached hydrogens (tertiary/aromatic N) is 1. The number of aromatic nitrogens is 1. The van der Waals surface area contributed by atoms with Gasteiger partial charge in [-0.1, -0.05) is 29.8 Å². The summed E-state index contributed by atoms with van der Waals surface area (Å²) in [4.78, 5) is 13.1. The Morgan fingerprint density at radius 1 is 1.10 bits per heavy atom. The summed E-state index contributed by atoms with van der Waals surface area (Å²) in [6.07, 6.45) is 2.85. The summed E-state index contributed by atoms with van der Waals surface area (Å²) < 4.78 is 33.4. The molecule has 1 heterocycles. The summed E-state index contributed by atoms with van der Waals surface area (Å²) in [5, 5.41) is 1.24. The minimum absolute atomic E-state index is 0.418. The molecule has 1 atom stereocenters. The van der Waals surface area contributed by atoms with Gasteiger partial charge in [-0.25, -0.2) is 13.2 Å². The predicted octanol–water partition coefficient (Wildman–Crippen LogP) is 4.60. The van der Waals surface area contributed by atoms with E-state index in [0.29, 0.717) is 27.2 Å². The van der Waals surface area contributed by atoms with Gasteiger partial charge in [0.2, 0.25) is 10.0 Å². The SMILES string of the molecule is CC(C)(C)OC(=O)C(c1ccc(Cl)cc1)n1ccc2c(NS(C)(=O)=O)cccc21. The Kier molecular flexibility index (Phi) is 5.65. The number of anilines is 1. The van der Waals surface area contributed by atoms with E-state index in [4.69, 9.17) is 16.3 Å². The first kappa shape index (κ1) is 21.2. The number of fused-ring (bicyclic) bond motifs is 1. The fourth-order valence-corrected chi connectivity index (χ4v) is 3.82. The minimum Gasteiger partial charge on any atom is -0.458 e. The maximum Gasteiger partial charge on any atom is 0.334 e. The highest BCUT2D eigenvalue weighted by Gasteiger charge is 2.29. The first-order chi connectivity index (χ1) is 13.4. The molecule has 0 aliphatic rings. The topological polar surface area (TPSA) is 77.4 Å². The van der Waals surface area contributed by atoms with Crippen LogP contribution in [0.4, 0.5) is 5.69 Å². The molecule has 1 unspecified atom stereocenters. The molecule has 0 radical (unpaired) electrons. The summed E-state index contributed by atoms with van der Waals surface area (Å²) in [6.45, 7) is 5.43. The average Bonchev–Trinajstić information content (AvgIpc) is 2.99.